The average molecular weight is 283 g/mol. The molecule has 0 rings (SSSR count). The summed E-state index contributed by atoms with van der Waals surface area (Å²) in [5.41, 5.74) is 0. The van der Waals surface area contributed by atoms with Crippen molar-refractivity contribution >= 4 is 41.7 Å². The van der Waals surface area contributed by atoms with E-state index >= 15 is 0 Å². The van der Waals surface area contributed by atoms with Gasteiger partial charge >= 0.3 is 6.09 Å². The molecule has 0 aliphatic heterocycles. The Bertz CT molecular complexity index is 274. The van der Waals surface area contributed by atoms with Crippen molar-refractivity contribution in [2.75, 3.05) is 5.33 Å². The number of hydrogen-bond donors (Lipinski definition) is 2. The number of rotatable bonds is 3. The summed E-state index contributed by atoms with van der Waals surface area (Å²) in [6, 6.07) is 0. The number of carbonyl (C=O) groups is 3. The van der Waals surface area contributed by atoms with Crippen LogP contribution in [0.3, 0.4) is 0 Å². The summed E-state index contributed by atoms with van der Waals surface area (Å²) in [5, 5.41) is 16.5. The molecule has 2 N–H and O–H groups in total. The molecule has 0 aliphatic rings. The number of amides is 3. The van der Waals surface area contributed by atoms with Gasteiger partial charge in [-0.2, -0.15) is 0 Å². The first-order valence-electron chi connectivity index (χ1n) is 3.75. The Balaban J connectivity index is 4.94. The average Bonchev–Trinajstić information content (AvgIpc) is 2.22. The molecule has 0 bridgehead atoms. The summed E-state index contributed by atoms with van der Waals surface area (Å²) < 4.78 is 0. The van der Waals surface area contributed by atoms with Gasteiger partial charge in [-0.3, -0.25) is 9.59 Å². The number of hydroxylamine groups is 1. The van der Waals surface area contributed by atoms with E-state index in [1.807, 2.05) is 0 Å². The van der Waals surface area contributed by atoms with Gasteiger partial charge in [0.25, 0.3) is 11.8 Å². The molecule has 10 heteroatoms. The van der Waals surface area contributed by atoms with E-state index in [1.165, 1.54) is 7.85 Å². The van der Waals surface area contributed by atoms with Crippen LogP contribution in [-0.4, -0.2) is 51.6 Å². The number of carbonyl (C=O) groups excluding carboxylic acids is 2. The van der Waals surface area contributed by atoms with Gasteiger partial charge in [0.1, 0.15) is 7.85 Å². The van der Waals surface area contributed by atoms with Crippen molar-refractivity contribution in [3.05, 3.63) is 0 Å². The molecule has 0 spiro atoms. The molecule has 0 aromatic carbocycles. The topological polar surface area (TPSA) is 107 Å². The lowest BCUT2D eigenvalue weighted by molar-refractivity contribution is -0.418. The minimum atomic E-state index is -1.74. The van der Waals surface area contributed by atoms with Gasteiger partial charge in [-0.1, -0.05) is 26.1 Å². The number of nitrogens with zero attached hydrogens (tertiary/aromatic N) is 2. The first-order valence-corrected chi connectivity index (χ1v) is 4.87. The second-order valence-corrected chi connectivity index (χ2v) is 2.78. The van der Waals surface area contributed by atoms with E-state index in [2.05, 4.69) is 20.9 Å². The van der Waals surface area contributed by atoms with Crippen molar-refractivity contribution in [1.82, 2.24) is 10.2 Å². The summed E-state index contributed by atoms with van der Waals surface area (Å²) in [6.45, 7) is 0. The molecule has 0 fully saturated rings. The molecule has 0 saturated heterocycles. The van der Waals surface area contributed by atoms with Crippen LogP contribution in [0.5, 0.6) is 0 Å². The summed E-state index contributed by atoms with van der Waals surface area (Å²) >= 11 is 2.72. The van der Waals surface area contributed by atoms with Gasteiger partial charge in [-0.25, -0.2) is 10.1 Å². The van der Waals surface area contributed by atoms with Gasteiger partial charge in [0, 0.05) is 6.32 Å². The minimum Gasteiger partial charge on any atom is -0.463 e. The Morgan fingerprint density at radius 3 is 2.13 bits per heavy atom. The van der Waals surface area contributed by atoms with E-state index in [-0.39, 0.29) is 21.8 Å². The molecule has 0 atom stereocenters. The zero-order chi connectivity index (χ0) is 12.0. The molecule has 0 aliphatic carbocycles. The van der Waals surface area contributed by atoms with Crippen LogP contribution in [0.15, 0.2) is 0 Å². The number of carboxylic acid groups (broad SMARTS) is 1. The van der Waals surface area contributed by atoms with Crippen LogP contribution in [0.4, 0.5) is 4.79 Å². The lowest BCUT2D eigenvalue weighted by atomic mass is 10.1. The van der Waals surface area contributed by atoms with Crippen LogP contribution in [0.25, 0.3) is 0 Å². The number of imide groups is 1. The predicted molar refractivity (Wildman–Crippen MR) is 52.6 cm³/mol. The van der Waals surface area contributed by atoms with Crippen molar-refractivity contribution in [3.8, 4) is 0 Å². The summed E-state index contributed by atoms with van der Waals surface area (Å²) in [4.78, 5) is 36.3. The molecule has 3 amide bonds. The molecule has 0 unspecified atom stereocenters. The maximum atomic E-state index is 11.1. The predicted octanol–water partition coefficient (Wildman–Crippen LogP) is -0.912. The maximum absolute atomic E-state index is 11.1. The van der Waals surface area contributed by atoms with Crippen molar-refractivity contribution in [3.63, 3.8) is 0 Å². The summed E-state index contributed by atoms with van der Waals surface area (Å²) in [5.74, 6) is -1.85. The maximum Gasteiger partial charge on any atom is 0.435 e. The summed E-state index contributed by atoms with van der Waals surface area (Å²) in [7, 11) is 1.41. The van der Waals surface area contributed by atoms with Crippen LogP contribution < -0.4 is 0 Å². The van der Waals surface area contributed by atoms with Gasteiger partial charge in [-0.05, 0) is 0 Å². The zero-order valence-corrected chi connectivity index (χ0v) is 9.30. The van der Waals surface area contributed by atoms with Crippen LogP contribution >= 0.6 is 15.9 Å². The molecule has 0 aromatic rings. The highest BCUT2D eigenvalue weighted by molar-refractivity contribution is 9.09. The Hall–Kier alpha value is -1.13. The fourth-order valence-corrected chi connectivity index (χ4v) is 0.909. The van der Waals surface area contributed by atoms with Gasteiger partial charge in [-0.15, -0.1) is 5.01 Å². The third-order valence-corrected chi connectivity index (χ3v) is 1.79. The zero-order valence-electron chi connectivity index (χ0n) is 7.71. The van der Waals surface area contributed by atoms with Crippen LogP contribution in [0.2, 0.25) is 6.32 Å². The monoisotopic (exact) mass is 282 g/mol. The first kappa shape index (κ1) is 13.9. The number of alkyl halides is 1. The third kappa shape index (κ3) is 3.49. The van der Waals surface area contributed by atoms with E-state index in [0.717, 1.165) is 0 Å². The molecule has 0 radical (unpaired) electrons. The van der Waals surface area contributed by atoms with E-state index < -0.39 is 17.9 Å². The normalized spacial score (nSPS) is 9.47. The lowest BCUT2D eigenvalue weighted by Gasteiger charge is -2.25. The highest BCUT2D eigenvalue weighted by atomic mass is 79.9. The molecule has 15 heavy (non-hydrogen) atoms. The summed E-state index contributed by atoms with van der Waals surface area (Å²) in [6.07, 6.45) is -1.88. The number of hydrogen-bond acceptors (Lipinski definition) is 5. The molecule has 84 valence electrons. The van der Waals surface area contributed by atoms with Crippen molar-refractivity contribution in [1.29, 1.82) is 0 Å². The van der Waals surface area contributed by atoms with Gasteiger partial charge in [0.2, 0.25) is 0 Å². The number of hydrazine groups is 1. The standard InChI is InChI=1S/C5H8BBrN2O6/c6-1-3(10)9(15-14)8(5(12)13)4(11)2-7/h14H,1-2,6H2,(H,12,13). The van der Waals surface area contributed by atoms with Crippen LogP contribution in [-0.2, 0) is 14.6 Å². The molecule has 8 nitrogen and oxygen atoms in total. The molecule has 0 saturated carbocycles. The SMILES string of the molecule is BCC(=O)N(OO)N(C(=O)O)C(=O)CBr. The largest absolute Gasteiger partial charge is 0.463 e. The van der Waals surface area contributed by atoms with Crippen LogP contribution in [0.1, 0.15) is 0 Å². The molecular formula is C5H8BBrN2O6. The van der Waals surface area contributed by atoms with Crippen molar-refractivity contribution in [2.24, 2.45) is 0 Å². The first-order chi connectivity index (χ1) is 6.99. The fourth-order valence-electron chi connectivity index (χ4n) is 0.671. The minimum absolute atomic E-state index is 0.0358. The third-order valence-electron chi connectivity index (χ3n) is 1.31. The number of halogens is 1. The quantitative estimate of drug-likeness (QED) is 0.300. The highest BCUT2D eigenvalue weighted by Gasteiger charge is 2.31. The fraction of sp³-hybridized carbons (Fsp3) is 0.400. The van der Waals surface area contributed by atoms with Crippen LogP contribution in [0, 0.1) is 0 Å². The van der Waals surface area contributed by atoms with E-state index in [1.54, 1.807) is 0 Å². The molecular weight excluding hydrogens is 275 g/mol. The van der Waals surface area contributed by atoms with Gasteiger partial charge < -0.3 is 5.11 Å². The van der Waals surface area contributed by atoms with Crippen molar-refractivity contribution < 1.29 is 29.7 Å². The van der Waals surface area contributed by atoms with E-state index in [0.29, 0.717) is 0 Å². The lowest BCUT2D eigenvalue weighted by Crippen LogP contribution is -2.52. The Kier molecular flexibility index (Phi) is 5.90. The Morgan fingerprint density at radius 2 is 1.87 bits per heavy atom. The second-order valence-electron chi connectivity index (χ2n) is 2.22. The Morgan fingerprint density at radius 1 is 1.33 bits per heavy atom. The van der Waals surface area contributed by atoms with Gasteiger partial charge in [0.15, 0.2) is 0 Å². The molecule has 0 heterocycles. The van der Waals surface area contributed by atoms with E-state index in [4.69, 9.17) is 10.4 Å². The smallest absolute Gasteiger partial charge is 0.435 e. The highest BCUT2D eigenvalue weighted by Crippen LogP contribution is 2.04. The van der Waals surface area contributed by atoms with E-state index in [9.17, 15) is 14.4 Å². The van der Waals surface area contributed by atoms with Crippen molar-refractivity contribution in [2.45, 2.75) is 6.32 Å². The Labute approximate surface area is 93.8 Å². The molecule has 0 aromatic heterocycles. The van der Waals surface area contributed by atoms with Gasteiger partial charge in [0.05, 0.1) is 5.33 Å². The second kappa shape index (κ2) is 6.38.